The van der Waals surface area contributed by atoms with Crippen LogP contribution in [0.3, 0.4) is 0 Å². The second kappa shape index (κ2) is 13.8. The van der Waals surface area contributed by atoms with Gasteiger partial charge in [-0.15, -0.1) is 11.3 Å². The summed E-state index contributed by atoms with van der Waals surface area (Å²) in [5.74, 6) is -0.314. The highest BCUT2D eigenvalue weighted by Crippen LogP contribution is 2.28. The summed E-state index contributed by atoms with van der Waals surface area (Å²) < 4.78 is 61.4. The molecule has 3 saturated heterocycles. The molecular weight excluding hydrogens is 664 g/mol. The van der Waals surface area contributed by atoms with E-state index in [1.807, 2.05) is 4.90 Å². The Balaban J connectivity index is 1.14. The zero-order chi connectivity index (χ0) is 32.5. The maximum atomic E-state index is 13.4. The molecule has 0 spiro atoms. The molecule has 3 unspecified atom stereocenters. The number of amides is 2. The number of aromatic nitrogens is 1. The summed E-state index contributed by atoms with van der Waals surface area (Å²) in [5, 5.41) is 4.82. The highest BCUT2D eigenvalue weighted by Gasteiger charge is 2.39. The number of carbonyl (C=O) groups excluding carboxylic acids is 2. The predicted molar refractivity (Wildman–Crippen MR) is 171 cm³/mol. The number of nitrogens with zero attached hydrogens (tertiary/aromatic N) is 5. The maximum absolute atomic E-state index is 13.4. The van der Waals surface area contributed by atoms with Gasteiger partial charge >= 0.3 is 0 Å². The van der Waals surface area contributed by atoms with E-state index in [-0.39, 0.29) is 35.2 Å². The summed E-state index contributed by atoms with van der Waals surface area (Å²) in [6.07, 6.45) is 4.67. The van der Waals surface area contributed by atoms with Gasteiger partial charge < -0.3 is 14.3 Å². The number of rotatable bonds is 11. The second-order valence-corrected chi connectivity index (χ2v) is 17.1. The Morgan fingerprint density at radius 1 is 1.16 bits per heavy atom. The minimum atomic E-state index is -3.89. The van der Waals surface area contributed by atoms with E-state index in [0.29, 0.717) is 66.9 Å². The molecule has 0 aliphatic carbocycles. The fourth-order valence-corrected chi connectivity index (χ4v) is 10.1. The molecular formula is C28H39ClN6O7S3. The summed E-state index contributed by atoms with van der Waals surface area (Å²) in [6.45, 7) is 5.90. The average molecular weight is 703 g/mol. The van der Waals surface area contributed by atoms with Crippen molar-refractivity contribution in [2.24, 2.45) is 0 Å². The minimum absolute atomic E-state index is 0.0502. The van der Waals surface area contributed by atoms with E-state index in [2.05, 4.69) is 14.8 Å². The Kier molecular flexibility index (Phi) is 10.4. The predicted octanol–water partition coefficient (Wildman–Crippen LogP) is 2.27. The largest absolute Gasteiger partial charge is 0.360 e. The van der Waals surface area contributed by atoms with E-state index in [9.17, 15) is 26.4 Å². The second-order valence-electron chi connectivity index (χ2n) is 11.8. The van der Waals surface area contributed by atoms with Crippen molar-refractivity contribution in [1.29, 1.82) is 0 Å². The van der Waals surface area contributed by atoms with Crippen LogP contribution in [-0.2, 0) is 29.6 Å². The fraction of sp³-hybridized carbons (Fsp3) is 0.607. The molecule has 0 radical (unpaired) electrons. The topological polar surface area (TPSA) is 153 Å². The van der Waals surface area contributed by atoms with Crippen molar-refractivity contribution < 1.29 is 30.9 Å². The Hall–Kier alpha value is -2.34. The molecule has 0 saturated carbocycles. The molecule has 0 bridgehead atoms. The molecule has 13 nitrogen and oxygen atoms in total. The minimum Gasteiger partial charge on any atom is -0.360 e. The number of piperidine rings is 1. The lowest BCUT2D eigenvalue weighted by atomic mass is 10.1. The Morgan fingerprint density at radius 2 is 1.91 bits per heavy atom. The highest BCUT2D eigenvalue weighted by atomic mass is 35.5. The van der Waals surface area contributed by atoms with Crippen molar-refractivity contribution in [1.82, 2.24) is 28.9 Å². The Morgan fingerprint density at radius 3 is 2.60 bits per heavy atom. The molecule has 5 rings (SSSR count). The number of carbonyl (C=O) groups is 2. The number of hydrogen-bond donors (Lipinski definition) is 1. The molecule has 17 heteroatoms. The van der Waals surface area contributed by atoms with Crippen molar-refractivity contribution in [2.75, 3.05) is 46.3 Å². The van der Waals surface area contributed by atoms with Crippen molar-refractivity contribution >= 4 is 60.9 Å². The van der Waals surface area contributed by atoms with E-state index < -0.39 is 32.0 Å². The van der Waals surface area contributed by atoms with Crippen LogP contribution in [0.15, 0.2) is 27.0 Å². The fourth-order valence-electron chi connectivity index (χ4n) is 6.38. The Bertz CT molecular complexity index is 1640. The first kappa shape index (κ1) is 34.0. The van der Waals surface area contributed by atoms with Gasteiger partial charge in [0.25, 0.3) is 0 Å². The van der Waals surface area contributed by atoms with Crippen molar-refractivity contribution in [2.45, 2.75) is 69.0 Å². The first-order chi connectivity index (χ1) is 21.2. The molecule has 1 N–H and O–H groups in total. The van der Waals surface area contributed by atoms with Crippen LogP contribution in [0.1, 0.15) is 48.4 Å². The van der Waals surface area contributed by atoms with Gasteiger partial charge in [0.15, 0.2) is 5.76 Å². The zero-order valence-corrected chi connectivity index (χ0v) is 28.7. The zero-order valence-electron chi connectivity index (χ0n) is 25.5. The third-order valence-electron chi connectivity index (χ3n) is 8.70. The number of nitrogens with one attached hydrogen (secondary N) is 1. The number of likely N-dealkylation sites (tertiary alicyclic amines) is 3. The summed E-state index contributed by atoms with van der Waals surface area (Å²) in [7, 11) is -6.08. The molecule has 5 heterocycles. The number of hydrogen-bond acceptors (Lipinski definition) is 10. The van der Waals surface area contributed by atoms with Gasteiger partial charge in [-0.1, -0.05) is 16.8 Å². The maximum Gasteiger partial charge on any atom is 0.248 e. The quantitative estimate of drug-likeness (QED) is 0.372. The lowest BCUT2D eigenvalue weighted by Gasteiger charge is -2.34. The van der Waals surface area contributed by atoms with Crippen LogP contribution in [0, 0.1) is 13.8 Å². The van der Waals surface area contributed by atoms with Crippen LogP contribution in [0.2, 0.25) is 4.34 Å². The number of halogens is 1. The summed E-state index contributed by atoms with van der Waals surface area (Å²) in [4.78, 5) is 32.9. The SMILES string of the molecule is Cc1noc(C)c1S(=O)(=O)N(C)C1CCN(CC2CCCN2C(=O)CN2CCCC(NS(=O)(=O)/C=C/c3ccc(Cl)s3)C2=O)C1. The lowest BCUT2D eigenvalue weighted by Crippen LogP contribution is -2.55. The van der Waals surface area contributed by atoms with E-state index in [0.717, 1.165) is 18.2 Å². The van der Waals surface area contributed by atoms with Crippen LogP contribution in [0.5, 0.6) is 0 Å². The van der Waals surface area contributed by atoms with E-state index in [1.54, 1.807) is 33.0 Å². The molecule has 3 aliphatic rings. The average Bonchev–Trinajstić information content (AvgIpc) is 3.78. The van der Waals surface area contributed by atoms with Crippen molar-refractivity contribution in [3.8, 4) is 0 Å². The molecule has 2 aromatic rings. The molecule has 2 amide bonds. The van der Waals surface area contributed by atoms with Gasteiger partial charge in [-0.3, -0.25) is 14.5 Å². The van der Waals surface area contributed by atoms with Gasteiger partial charge in [-0.05, 0) is 70.7 Å². The standard InChI is InChI=1S/C28H39ClN6O7S3/c1-19-27(20(2)42-30-19)45(40,41)32(3)21-10-14-33(16-21)17-22-6-4-13-35(22)26(36)18-34-12-5-7-24(28(34)37)31-44(38,39)15-11-23-8-9-25(29)43-23/h8-9,11,15,21-22,24,31H,4-7,10,12-14,16-18H2,1-3H3/b15-11+. The Labute approximate surface area is 273 Å². The molecule has 45 heavy (non-hydrogen) atoms. The van der Waals surface area contributed by atoms with Gasteiger partial charge in [0.1, 0.15) is 16.6 Å². The van der Waals surface area contributed by atoms with Gasteiger partial charge in [-0.2, -0.15) is 9.03 Å². The first-order valence-corrected chi connectivity index (χ1v) is 19.1. The van der Waals surface area contributed by atoms with E-state index >= 15 is 0 Å². The molecule has 3 atom stereocenters. The number of sulfonamides is 2. The smallest absolute Gasteiger partial charge is 0.248 e. The molecule has 248 valence electrons. The number of thiophene rings is 1. The third kappa shape index (κ3) is 7.80. The molecule has 2 aromatic heterocycles. The van der Waals surface area contributed by atoms with E-state index in [4.69, 9.17) is 16.1 Å². The van der Waals surface area contributed by atoms with Crippen LogP contribution in [0.4, 0.5) is 0 Å². The van der Waals surface area contributed by atoms with Crippen molar-refractivity contribution in [3.63, 3.8) is 0 Å². The summed E-state index contributed by atoms with van der Waals surface area (Å²) in [6, 6.07) is 2.16. The normalized spacial score (nSPS) is 23.7. The van der Waals surface area contributed by atoms with Gasteiger partial charge in [0.2, 0.25) is 31.9 Å². The summed E-state index contributed by atoms with van der Waals surface area (Å²) in [5.41, 5.74) is 0.335. The monoisotopic (exact) mass is 702 g/mol. The number of likely N-dealkylation sites (N-methyl/N-ethyl adjacent to an activating group) is 1. The number of aryl methyl sites for hydroxylation is 2. The van der Waals surface area contributed by atoms with Crippen LogP contribution in [-0.4, -0.2) is 117 Å². The van der Waals surface area contributed by atoms with E-state index in [1.165, 1.54) is 26.6 Å². The van der Waals surface area contributed by atoms with Gasteiger partial charge in [-0.25, -0.2) is 16.8 Å². The molecule has 3 aliphatic heterocycles. The lowest BCUT2D eigenvalue weighted by molar-refractivity contribution is -0.143. The van der Waals surface area contributed by atoms with Crippen molar-refractivity contribution in [3.05, 3.63) is 38.2 Å². The molecule has 0 aromatic carbocycles. The summed E-state index contributed by atoms with van der Waals surface area (Å²) >= 11 is 7.15. The molecule has 3 fully saturated rings. The third-order valence-corrected chi connectivity index (χ3v) is 13.2. The van der Waals surface area contributed by atoms with Crippen LogP contribution in [0.25, 0.3) is 6.08 Å². The van der Waals surface area contributed by atoms with Crippen LogP contribution < -0.4 is 4.72 Å². The van der Waals surface area contributed by atoms with Gasteiger partial charge in [0.05, 0.1) is 10.9 Å². The van der Waals surface area contributed by atoms with Gasteiger partial charge in [0, 0.05) is 55.6 Å². The first-order valence-electron chi connectivity index (χ1n) is 14.9. The van der Waals surface area contributed by atoms with Crippen LogP contribution >= 0.6 is 22.9 Å². The highest BCUT2D eigenvalue weighted by molar-refractivity contribution is 7.92.